The molecule has 0 spiro atoms. The van der Waals surface area contributed by atoms with Crippen LogP contribution in [0.25, 0.3) is 0 Å². The largest absolute Gasteiger partial charge is 0.394 e. The van der Waals surface area contributed by atoms with Crippen molar-refractivity contribution in [3.05, 3.63) is 0 Å². The molecule has 0 aliphatic carbocycles. The molecule has 5 atom stereocenters. The molecular weight excluding hydrogens is 331 g/mol. The lowest BCUT2D eigenvalue weighted by Crippen LogP contribution is -2.50. The number of aliphatic hydroxyl groups is 1. The molecule has 0 aromatic rings. The highest BCUT2D eigenvalue weighted by Crippen LogP contribution is 2.53. The molecule has 11 heteroatoms. The van der Waals surface area contributed by atoms with E-state index in [2.05, 4.69) is 4.90 Å². The molecule has 0 bridgehead atoms. The van der Waals surface area contributed by atoms with Crippen LogP contribution in [-0.2, 0) is 18.6 Å². The van der Waals surface area contributed by atoms with Crippen molar-refractivity contribution in [1.29, 1.82) is 0 Å². The second-order valence-electron chi connectivity index (χ2n) is 6.50. The average Bonchev–Trinajstić information content (AvgIpc) is 2.50. The monoisotopic (exact) mass is 357 g/mol. The molecule has 0 aromatic carbocycles. The van der Waals surface area contributed by atoms with Gasteiger partial charge in [-0.2, -0.15) is 0 Å². The van der Waals surface area contributed by atoms with Crippen LogP contribution in [0.3, 0.4) is 0 Å². The molecular formula is C13H26B2N3O5P. The zero-order valence-corrected chi connectivity index (χ0v) is 15.5. The number of ether oxygens (including phenoxy) is 2. The van der Waals surface area contributed by atoms with E-state index in [-0.39, 0.29) is 38.4 Å². The molecule has 2 aliphatic rings. The van der Waals surface area contributed by atoms with Gasteiger partial charge in [0.05, 0.1) is 25.4 Å². The van der Waals surface area contributed by atoms with Crippen molar-refractivity contribution < 1.29 is 23.7 Å². The van der Waals surface area contributed by atoms with Crippen molar-refractivity contribution in [3.8, 4) is 0 Å². The molecule has 0 aromatic heterocycles. The second kappa shape index (κ2) is 8.64. The first-order chi connectivity index (χ1) is 11.2. The minimum absolute atomic E-state index is 0.157. The van der Waals surface area contributed by atoms with Crippen LogP contribution in [0.2, 0.25) is 0 Å². The molecule has 134 valence electrons. The maximum Gasteiger partial charge on any atom is 0.345 e. The summed E-state index contributed by atoms with van der Waals surface area (Å²) >= 11 is 0. The summed E-state index contributed by atoms with van der Waals surface area (Å²) in [4.78, 5) is 2.05. The van der Waals surface area contributed by atoms with Gasteiger partial charge >= 0.3 is 7.67 Å². The standard InChI is InChI=1S/C13H26B2N3O5P/c1-16(2)24(20,18-5-10(8-19)22-13(15)7-18)21-9-11-4-17(3)6-12(14)23-11/h10-13,19H,4-9H2,1-3H3. The van der Waals surface area contributed by atoms with Crippen molar-refractivity contribution in [2.75, 3.05) is 60.5 Å². The van der Waals surface area contributed by atoms with Crippen LogP contribution in [0.5, 0.6) is 0 Å². The summed E-state index contributed by atoms with van der Waals surface area (Å²) in [6, 6.07) is -1.01. The molecule has 2 saturated heterocycles. The van der Waals surface area contributed by atoms with E-state index >= 15 is 0 Å². The van der Waals surface area contributed by atoms with E-state index in [1.54, 1.807) is 23.4 Å². The highest BCUT2D eigenvalue weighted by Gasteiger charge is 2.41. The number of hydrogen-bond donors (Lipinski definition) is 1. The quantitative estimate of drug-likeness (QED) is 0.464. The van der Waals surface area contributed by atoms with E-state index in [1.807, 2.05) is 7.05 Å². The Morgan fingerprint density at radius 3 is 2.38 bits per heavy atom. The zero-order chi connectivity index (χ0) is 17.9. The van der Waals surface area contributed by atoms with E-state index < -0.39 is 19.8 Å². The average molecular weight is 357 g/mol. The topological polar surface area (TPSA) is 74.7 Å². The van der Waals surface area contributed by atoms with Gasteiger partial charge in [0.1, 0.15) is 15.7 Å². The first-order valence-corrected chi connectivity index (χ1v) is 9.57. The van der Waals surface area contributed by atoms with Crippen LogP contribution in [0.1, 0.15) is 0 Å². The number of aliphatic hydroxyl groups excluding tert-OH is 1. The SMILES string of the molecule is [B]C1CN(C)CC(COP(=O)(N(C)C)N2CC([B])OC(CO)C2)O1. The molecule has 24 heavy (non-hydrogen) atoms. The minimum atomic E-state index is -3.30. The summed E-state index contributed by atoms with van der Waals surface area (Å²) in [5, 5.41) is 9.33. The predicted molar refractivity (Wildman–Crippen MR) is 92.2 cm³/mol. The molecule has 1 N–H and O–H groups in total. The van der Waals surface area contributed by atoms with Crippen LogP contribution in [-0.4, -0.2) is 120 Å². The fourth-order valence-corrected chi connectivity index (χ4v) is 4.96. The summed E-state index contributed by atoms with van der Waals surface area (Å²) < 4.78 is 33.5. The van der Waals surface area contributed by atoms with E-state index in [9.17, 15) is 9.67 Å². The fraction of sp³-hybridized carbons (Fsp3) is 1.00. The Morgan fingerprint density at radius 2 is 1.79 bits per heavy atom. The van der Waals surface area contributed by atoms with Gasteiger partial charge in [-0.3, -0.25) is 4.57 Å². The summed E-state index contributed by atoms with van der Waals surface area (Å²) in [7, 11) is 13.7. The zero-order valence-electron chi connectivity index (χ0n) is 14.6. The lowest BCUT2D eigenvalue weighted by Gasteiger charge is -2.42. The van der Waals surface area contributed by atoms with E-state index in [0.717, 1.165) is 0 Å². The van der Waals surface area contributed by atoms with Crippen molar-refractivity contribution in [2.24, 2.45) is 0 Å². The number of hydrogen-bond acceptors (Lipinski definition) is 6. The molecule has 0 amide bonds. The third-order valence-corrected chi connectivity index (χ3v) is 6.58. The first kappa shape index (κ1) is 20.4. The number of nitrogens with zero attached hydrogens (tertiary/aromatic N) is 3. The van der Waals surface area contributed by atoms with Crippen LogP contribution in [0.4, 0.5) is 0 Å². The molecule has 8 nitrogen and oxygen atoms in total. The smallest absolute Gasteiger partial charge is 0.345 e. The summed E-state index contributed by atoms with van der Waals surface area (Å²) in [5.74, 6) is 0. The number of rotatable bonds is 6. The molecule has 2 aliphatic heterocycles. The Labute approximate surface area is 146 Å². The highest BCUT2D eigenvalue weighted by molar-refractivity contribution is 7.53. The van der Waals surface area contributed by atoms with Gasteiger partial charge in [-0.25, -0.2) is 9.34 Å². The molecule has 5 unspecified atom stereocenters. The van der Waals surface area contributed by atoms with Gasteiger partial charge in [0, 0.05) is 38.2 Å². The second-order valence-corrected chi connectivity index (χ2v) is 9.11. The summed E-state index contributed by atoms with van der Waals surface area (Å²) in [5.41, 5.74) is 0. The van der Waals surface area contributed by atoms with E-state index in [0.29, 0.717) is 13.1 Å². The Morgan fingerprint density at radius 1 is 1.17 bits per heavy atom. The van der Waals surface area contributed by atoms with E-state index in [4.69, 9.17) is 29.7 Å². The van der Waals surface area contributed by atoms with Crippen molar-refractivity contribution in [3.63, 3.8) is 0 Å². The Balaban J connectivity index is 2.03. The molecule has 2 fully saturated rings. The van der Waals surface area contributed by atoms with E-state index in [1.165, 1.54) is 0 Å². The maximum atomic E-state index is 13.4. The molecule has 2 rings (SSSR count). The van der Waals surface area contributed by atoms with Crippen molar-refractivity contribution in [1.82, 2.24) is 14.2 Å². The predicted octanol–water partition coefficient (Wildman–Crippen LogP) is -1.31. The van der Waals surface area contributed by atoms with Gasteiger partial charge in [0.2, 0.25) is 0 Å². The van der Waals surface area contributed by atoms with Crippen molar-refractivity contribution in [2.45, 2.75) is 24.2 Å². The van der Waals surface area contributed by atoms with Crippen LogP contribution < -0.4 is 0 Å². The van der Waals surface area contributed by atoms with Crippen LogP contribution >= 0.6 is 7.67 Å². The van der Waals surface area contributed by atoms with Gasteiger partial charge in [0.25, 0.3) is 0 Å². The number of morpholine rings is 2. The molecule has 4 radical (unpaired) electrons. The lowest BCUT2D eigenvalue weighted by molar-refractivity contribution is -0.0694. The summed E-state index contributed by atoms with van der Waals surface area (Å²) in [6.45, 7) is 1.82. The normalized spacial score (nSPS) is 35.9. The fourth-order valence-electron chi connectivity index (χ4n) is 2.94. The molecule has 2 heterocycles. The van der Waals surface area contributed by atoms with Crippen LogP contribution in [0.15, 0.2) is 0 Å². The third kappa shape index (κ3) is 5.05. The minimum Gasteiger partial charge on any atom is -0.394 e. The summed E-state index contributed by atoms with van der Waals surface area (Å²) in [6.07, 6.45) is -0.744. The van der Waals surface area contributed by atoms with Crippen LogP contribution in [0, 0.1) is 0 Å². The van der Waals surface area contributed by atoms with Gasteiger partial charge < -0.3 is 24.0 Å². The maximum absolute atomic E-state index is 13.4. The lowest BCUT2D eigenvalue weighted by atomic mass is 9.98. The van der Waals surface area contributed by atoms with Gasteiger partial charge in [-0.15, -0.1) is 0 Å². The third-order valence-electron chi connectivity index (χ3n) is 4.04. The van der Waals surface area contributed by atoms with Crippen molar-refractivity contribution >= 4 is 23.4 Å². The Hall–Kier alpha value is 0.0799. The van der Waals surface area contributed by atoms with Gasteiger partial charge in [0.15, 0.2) is 0 Å². The Kier molecular flexibility index (Phi) is 7.34. The highest BCUT2D eigenvalue weighted by atomic mass is 31.2. The first-order valence-electron chi connectivity index (χ1n) is 8.04. The van der Waals surface area contributed by atoms with Gasteiger partial charge in [-0.1, -0.05) is 0 Å². The Bertz CT molecular complexity index is 451. The van der Waals surface area contributed by atoms with Gasteiger partial charge in [-0.05, 0) is 21.1 Å². The molecule has 0 saturated carbocycles. The number of likely N-dealkylation sites (N-methyl/N-ethyl adjacent to an activating group) is 1.